The molecule has 1 aliphatic heterocycles. The fourth-order valence-electron chi connectivity index (χ4n) is 2.63. The molecule has 0 spiro atoms. The Balaban J connectivity index is 0.00000288. The van der Waals surface area contributed by atoms with Crippen molar-refractivity contribution < 1.29 is 14.3 Å². The molecule has 1 amide bonds. The van der Waals surface area contributed by atoms with E-state index in [-0.39, 0.29) is 18.3 Å². The first-order chi connectivity index (χ1) is 11.2. The molecule has 1 aromatic rings. The van der Waals surface area contributed by atoms with Crippen LogP contribution in [0.25, 0.3) is 0 Å². The Hall–Kier alpha value is -1.17. The number of carbonyl (C=O) groups excluding carboxylic acids is 1. The third-order valence-corrected chi connectivity index (χ3v) is 4.17. The maximum absolute atomic E-state index is 12.3. The minimum Gasteiger partial charge on any atom is -0.493 e. The van der Waals surface area contributed by atoms with Gasteiger partial charge < -0.3 is 20.1 Å². The fraction of sp³-hybridized carbons (Fsp3) is 0.588. The predicted molar refractivity (Wildman–Crippen MR) is 99.0 cm³/mol. The van der Waals surface area contributed by atoms with Gasteiger partial charge in [-0.2, -0.15) is 0 Å². The lowest BCUT2D eigenvalue weighted by molar-refractivity contribution is 0.0944. The largest absolute Gasteiger partial charge is 0.493 e. The lowest BCUT2D eigenvalue weighted by Crippen LogP contribution is -2.38. The van der Waals surface area contributed by atoms with E-state index in [1.807, 2.05) is 6.92 Å². The molecule has 0 bridgehead atoms. The Labute approximate surface area is 154 Å². The summed E-state index contributed by atoms with van der Waals surface area (Å²) in [5.41, 5.74) is 0.486. The molecular weight excluding hydrogens is 351 g/mol. The minimum absolute atomic E-state index is 0. The van der Waals surface area contributed by atoms with Crippen LogP contribution in [0.1, 0.15) is 36.5 Å². The number of methoxy groups -OCH3 is 1. The first-order valence-corrected chi connectivity index (χ1v) is 8.52. The molecule has 0 aromatic heterocycles. The van der Waals surface area contributed by atoms with Crippen molar-refractivity contribution >= 4 is 29.9 Å². The molecule has 5 nitrogen and oxygen atoms in total. The minimum atomic E-state index is -0.141. The third-order valence-electron chi connectivity index (χ3n) is 3.89. The zero-order chi connectivity index (χ0) is 16.7. The van der Waals surface area contributed by atoms with E-state index < -0.39 is 0 Å². The van der Waals surface area contributed by atoms with Crippen molar-refractivity contribution in [2.45, 2.75) is 26.2 Å². The number of ether oxygens (including phenoxy) is 2. The molecule has 1 aliphatic rings. The summed E-state index contributed by atoms with van der Waals surface area (Å²) >= 11 is 6.25. The van der Waals surface area contributed by atoms with E-state index >= 15 is 0 Å². The number of halogens is 2. The summed E-state index contributed by atoms with van der Waals surface area (Å²) in [5, 5.41) is 6.71. The number of amides is 1. The molecule has 1 saturated heterocycles. The maximum Gasteiger partial charge on any atom is 0.251 e. The lowest BCUT2D eigenvalue weighted by atomic mass is 9.99. The standard InChI is InChI=1S/C17H25ClN2O3.ClH/c1-3-7-23-16-14(18)8-13(9-15(16)22-2)17(21)20-11-12-5-4-6-19-10-12;/h8-9,12,19H,3-7,10-11H2,1-2H3,(H,20,21);1H. The quantitative estimate of drug-likeness (QED) is 0.766. The van der Waals surface area contributed by atoms with Crippen LogP contribution in [0.5, 0.6) is 11.5 Å². The Morgan fingerprint density at radius 2 is 2.25 bits per heavy atom. The van der Waals surface area contributed by atoms with Gasteiger partial charge in [0, 0.05) is 12.1 Å². The Morgan fingerprint density at radius 1 is 1.46 bits per heavy atom. The highest BCUT2D eigenvalue weighted by Crippen LogP contribution is 2.36. The second-order valence-electron chi connectivity index (χ2n) is 5.76. The lowest BCUT2D eigenvalue weighted by Gasteiger charge is -2.23. The van der Waals surface area contributed by atoms with Gasteiger partial charge in [0.25, 0.3) is 5.91 Å². The van der Waals surface area contributed by atoms with E-state index in [1.165, 1.54) is 0 Å². The van der Waals surface area contributed by atoms with Crippen molar-refractivity contribution in [1.82, 2.24) is 10.6 Å². The zero-order valence-electron chi connectivity index (χ0n) is 14.2. The van der Waals surface area contributed by atoms with Gasteiger partial charge in [-0.05, 0) is 50.4 Å². The summed E-state index contributed by atoms with van der Waals surface area (Å²) in [4.78, 5) is 12.3. The first-order valence-electron chi connectivity index (χ1n) is 8.15. The Bertz CT molecular complexity index is 535. The van der Waals surface area contributed by atoms with E-state index in [4.69, 9.17) is 21.1 Å². The van der Waals surface area contributed by atoms with E-state index in [1.54, 1.807) is 19.2 Å². The number of piperidine rings is 1. The molecule has 0 saturated carbocycles. The summed E-state index contributed by atoms with van der Waals surface area (Å²) in [6.07, 6.45) is 3.17. The summed E-state index contributed by atoms with van der Waals surface area (Å²) in [6, 6.07) is 3.30. The van der Waals surface area contributed by atoms with Gasteiger partial charge >= 0.3 is 0 Å². The van der Waals surface area contributed by atoms with E-state index in [0.717, 1.165) is 32.4 Å². The zero-order valence-corrected chi connectivity index (χ0v) is 15.8. The van der Waals surface area contributed by atoms with Gasteiger partial charge in [0.05, 0.1) is 18.7 Å². The van der Waals surface area contributed by atoms with Gasteiger partial charge in [0.1, 0.15) is 0 Å². The molecule has 1 heterocycles. The van der Waals surface area contributed by atoms with Gasteiger partial charge in [-0.25, -0.2) is 0 Å². The average Bonchev–Trinajstić information content (AvgIpc) is 2.58. The highest BCUT2D eigenvalue weighted by Gasteiger charge is 2.18. The maximum atomic E-state index is 12.3. The number of hydrogen-bond acceptors (Lipinski definition) is 4. The van der Waals surface area contributed by atoms with Gasteiger partial charge in [-0.1, -0.05) is 18.5 Å². The van der Waals surface area contributed by atoms with E-state index in [2.05, 4.69) is 10.6 Å². The monoisotopic (exact) mass is 376 g/mol. The second-order valence-corrected chi connectivity index (χ2v) is 6.17. The van der Waals surface area contributed by atoms with Crippen molar-refractivity contribution in [2.75, 3.05) is 33.4 Å². The molecule has 1 unspecified atom stereocenters. The summed E-state index contributed by atoms with van der Waals surface area (Å²) in [6.45, 7) is 5.25. The number of hydrogen-bond donors (Lipinski definition) is 2. The first kappa shape index (κ1) is 20.9. The molecule has 1 aromatic carbocycles. The SMILES string of the molecule is CCCOc1c(Cl)cc(C(=O)NCC2CCCNC2)cc1OC.Cl. The van der Waals surface area contributed by atoms with Gasteiger partial charge in [0.2, 0.25) is 0 Å². The number of carbonyl (C=O) groups is 1. The summed E-state index contributed by atoms with van der Waals surface area (Å²) in [7, 11) is 1.54. The highest BCUT2D eigenvalue weighted by atomic mass is 35.5. The molecule has 1 atom stereocenters. The van der Waals surface area contributed by atoms with Crippen molar-refractivity contribution in [1.29, 1.82) is 0 Å². The summed E-state index contributed by atoms with van der Waals surface area (Å²) in [5.74, 6) is 1.31. The molecule has 7 heteroatoms. The van der Waals surface area contributed by atoms with E-state index in [9.17, 15) is 4.79 Å². The van der Waals surface area contributed by atoms with Crippen molar-refractivity contribution in [3.63, 3.8) is 0 Å². The summed E-state index contributed by atoms with van der Waals surface area (Å²) < 4.78 is 10.9. The number of nitrogens with one attached hydrogen (secondary N) is 2. The van der Waals surface area contributed by atoms with Crippen LogP contribution in [-0.2, 0) is 0 Å². The van der Waals surface area contributed by atoms with Crippen LogP contribution in [-0.4, -0.2) is 39.3 Å². The molecular formula is C17H26Cl2N2O3. The molecule has 1 fully saturated rings. The van der Waals surface area contributed by atoms with Crippen molar-refractivity contribution in [3.8, 4) is 11.5 Å². The van der Waals surface area contributed by atoms with Gasteiger partial charge in [-0.15, -0.1) is 12.4 Å². The van der Waals surface area contributed by atoms with Crippen LogP contribution < -0.4 is 20.1 Å². The van der Waals surface area contributed by atoms with Crippen LogP contribution in [0.15, 0.2) is 12.1 Å². The molecule has 2 rings (SSSR count). The average molecular weight is 377 g/mol. The molecule has 0 aliphatic carbocycles. The van der Waals surface area contributed by atoms with Crippen LogP contribution >= 0.6 is 24.0 Å². The smallest absolute Gasteiger partial charge is 0.251 e. The van der Waals surface area contributed by atoms with E-state index in [0.29, 0.717) is 41.2 Å². The van der Waals surface area contributed by atoms with Crippen LogP contribution in [0.2, 0.25) is 5.02 Å². The number of rotatable bonds is 7. The number of benzene rings is 1. The van der Waals surface area contributed by atoms with Gasteiger partial charge in [0.15, 0.2) is 11.5 Å². The highest BCUT2D eigenvalue weighted by molar-refractivity contribution is 6.32. The van der Waals surface area contributed by atoms with Crippen molar-refractivity contribution in [3.05, 3.63) is 22.7 Å². The topological polar surface area (TPSA) is 59.6 Å². The Kier molecular flexibility index (Phi) is 9.26. The van der Waals surface area contributed by atoms with Crippen LogP contribution in [0.3, 0.4) is 0 Å². The molecule has 0 radical (unpaired) electrons. The third kappa shape index (κ3) is 5.72. The normalized spacial score (nSPS) is 16.9. The fourth-order valence-corrected chi connectivity index (χ4v) is 2.90. The Morgan fingerprint density at radius 3 is 2.88 bits per heavy atom. The van der Waals surface area contributed by atoms with Crippen LogP contribution in [0, 0.1) is 5.92 Å². The second kappa shape index (κ2) is 10.6. The molecule has 136 valence electrons. The predicted octanol–water partition coefficient (Wildman–Crippen LogP) is 3.29. The van der Waals surface area contributed by atoms with Crippen molar-refractivity contribution in [2.24, 2.45) is 5.92 Å². The van der Waals surface area contributed by atoms with Crippen LogP contribution in [0.4, 0.5) is 0 Å². The molecule has 24 heavy (non-hydrogen) atoms. The van der Waals surface area contributed by atoms with Gasteiger partial charge in [-0.3, -0.25) is 4.79 Å². The molecule has 2 N–H and O–H groups in total.